The highest BCUT2D eigenvalue weighted by Gasteiger charge is 2.32. The van der Waals surface area contributed by atoms with E-state index in [-0.39, 0.29) is 18.3 Å². The van der Waals surface area contributed by atoms with Crippen molar-refractivity contribution in [3.8, 4) is 0 Å². The van der Waals surface area contributed by atoms with Gasteiger partial charge in [0.05, 0.1) is 11.4 Å². The minimum atomic E-state index is -0.977. The third-order valence-electron chi connectivity index (χ3n) is 3.03. The zero-order valence-electron chi connectivity index (χ0n) is 11.1. The third kappa shape index (κ3) is 4.56. The van der Waals surface area contributed by atoms with Crippen molar-refractivity contribution in [2.45, 2.75) is 32.4 Å². The van der Waals surface area contributed by atoms with Gasteiger partial charge in [0.15, 0.2) is 5.78 Å². The van der Waals surface area contributed by atoms with E-state index in [0.717, 1.165) is 5.56 Å². The van der Waals surface area contributed by atoms with Gasteiger partial charge in [-0.05, 0) is 18.9 Å². The summed E-state index contributed by atoms with van der Waals surface area (Å²) in [7, 11) is 0. The Hall–Kier alpha value is -1.55. The fourth-order valence-electron chi connectivity index (χ4n) is 1.49. The van der Waals surface area contributed by atoms with Crippen LogP contribution in [-0.4, -0.2) is 23.3 Å². The standard InChI is InChI=1S/C14H18ClNO3/c1-3-14(2,12(17)9-15)16-13(18)19-10-11-7-5-4-6-8-11/h4-8H,3,9-10H2,1-2H3,(H,16,18). The number of carbonyl (C=O) groups excluding carboxylic acids is 2. The zero-order chi connectivity index (χ0) is 14.3. The highest BCUT2D eigenvalue weighted by molar-refractivity contribution is 6.29. The van der Waals surface area contributed by atoms with Crippen molar-refractivity contribution in [2.75, 3.05) is 5.88 Å². The lowest BCUT2D eigenvalue weighted by molar-refractivity contribution is -0.122. The molecule has 0 spiro atoms. The van der Waals surface area contributed by atoms with Crippen molar-refractivity contribution in [2.24, 2.45) is 0 Å². The average Bonchev–Trinajstić information content (AvgIpc) is 2.45. The Labute approximate surface area is 118 Å². The second kappa shape index (κ2) is 7.14. The molecule has 0 aliphatic heterocycles. The van der Waals surface area contributed by atoms with Crippen LogP contribution < -0.4 is 5.32 Å². The summed E-state index contributed by atoms with van der Waals surface area (Å²) in [6.45, 7) is 3.62. The molecule has 1 amide bonds. The number of amides is 1. The maximum atomic E-state index is 11.7. The third-order valence-corrected chi connectivity index (χ3v) is 3.28. The van der Waals surface area contributed by atoms with Crippen molar-refractivity contribution in [3.63, 3.8) is 0 Å². The number of ketones is 1. The minimum Gasteiger partial charge on any atom is -0.445 e. The molecule has 0 heterocycles. The number of carbonyl (C=O) groups is 2. The van der Waals surface area contributed by atoms with Gasteiger partial charge in [0, 0.05) is 0 Å². The highest BCUT2D eigenvalue weighted by atomic mass is 35.5. The Bertz CT molecular complexity index is 436. The molecule has 0 aliphatic rings. The van der Waals surface area contributed by atoms with Crippen LogP contribution in [0.5, 0.6) is 0 Å². The number of hydrogen-bond donors (Lipinski definition) is 1. The summed E-state index contributed by atoms with van der Waals surface area (Å²) in [5, 5.41) is 2.57. The number of ether oxygens (including phenoxy) is 1. The van der Waals surface area contributed by atoms with Gasteiger partial charge in [0.1, 0.15) is 6.61 Å². The van der Waals surface area contributed by atoms with Crippen LogP contribution in [-0.2, 0) is 16.1 Å². The van der Waals surface area contributed by atoms with Crippen molar-refractivity contribution in [1.82, 2.24) is 5.32 Å². The number of alkyl carbamates (subject to hydrolysis) is 1. The van der Waals surface area contributed by atoms with Crippen LogP contribution in [0.3, 0.4) is 0 Å². The first-order valence-electron chi connectivity index (χ1n) is 6.10. The zero-order valence-corrected chi connectivity index (χ0v) is 11.9. The van der Waals surface area contributed by atoms with Crippen molar-refractivity contribution in [1.29, 1.82) is 0 Å². The molecule has 0 radical (unpaired) electrons. The summed E-state index contributed by atoms with van der Waals surface area (Å²) in [5.41, 5.74) is -0.0882. The van der Waals surface area contributed by atoms with Crippen LogP contribution in [0.4, 0.5) is 4.79 Å². The van der Waals surface area contributed by atoms with E-state index in [2.05, 4.69) is 5.32 Å². The van der Waals surface area contributed by atoms with Crippen LogP contribution in [0, 0.1) is 0 Å². The molecule has 5 heteroatoms. The van der Waals surface area contributed by atoms with E-state index >= 15 is 0 Å². The van der Waals surface area contributed by atoms with E-state index in [1.807, 2.05) is 37.3 Å². The molecule has 0 saturated carbocycles. The average molecular weight is 284 g/mol. The topological polar surface area (TPSA) is 55.4 Å². The van der Waals surface area contributed by atoms with Gasteiger partial charge < -0.3 is 10.1 Å². The number of rotatable bonds is 6. The molecule has 1 aromatic rings. The second-order valence-corrected chi connectivity index (χ2v) is 4.70. The van der Waals surface area contributed by atoms with Crippen molar-refractivity contribution in [3.05, 3.63) is 35.9 Å². The maximum absolute atomic E-state index is 11.7. The molecule has 1 N–H and O–H groups in total. The Kier molecular flexibility index (Phi) is 5.83. The van der Waals surface area contributed by atoms with E-state index < -0.39 is 11.6 Å². The van der Waals surface area contributed by atoms with Crippen molar-refractivity contribution >= 4 is 23.5 Å². The first-order chi connectivity index (χ1) is 9.01. The lowest BCUT2D eigenvalue weighted by atomic mass is 9.94. The van der Waals surface area contributed by atoms with Crippen LogP contribution >= 0.6 is 11.6 Å². The fraction of sp³-hybridized carbons (Fsp3) is 0.429. The molecule has 0 aliphatic carbocycles. The number of halogens is 1. The maximum Gasteiger partial charge on any atom is 0.408 e. The quantitative estimate of drug-likeness (QED) is 0.817. The molecule has 104 valence electrons. The molecule has 19 heavy (non-hydrogen) atoms. The summed E-state index contributed by atoms with van der Waals surface area (Å²) in [6.07, 6.45) is -0.161. The number of benzene rings is 1. The summed E-state index contributed by atoms with van der Waals surface area (Å²) in [4.78, 5) is 23.4. The predicted octanol–water partition coefficient (Wildman–Crippen LogP) is 2.89. The summed E-state index contributed by atoms with van der Waals surface area (Å²) in [5.74, 6) is -0.364. The van der Waals surface area contributed by atoms with Crippen LogP contribution in [0.1, 0.15) is 25.8 Å². The molecular weight excluding hydrogens is 266 g/mol. The Morgan fingerprint density at radius 2 is 1.95 bits per heavy atom. The van der Waals surface area contributed by atoms with Gasteiger partial charge in [-0.2, -0.15) is 0 Å². The van der Waals surface area contributed by atoms with Crippen molar-refractivity contribution < 1.29 is 14.3 Å². The Morgan fingerprint density at radius 3 is 2.47 bits per heavy atom. The largest absolute Gasteiger partial charge is 0.445 e. The SMILES string of the molecule is CCC(C)(NC(=O)OCc1ccccc1)C(=O)CCl. The summed E-state index contributed by atoms with van der Waals surface area (Å²) < 4.78 is 5.07. The predicted molar refractivity (Wildman–Crippen MR) is 74.2 cm³/mol. The molecule has 1 unspecified atom stereocenters. The number of Topliss-reactive ketones (excluding diaryl/α,β-unsaturated/α-hetero) is 1. The molecule has 0 aromatic heterocycles. The number of alkyl halides is 1. The van der Waals surface area contributed by atoms with Gasteiger partial charge in [-0.3, -0.25) is 4.79 Å². The lowest BCUT2D eigenvalue weighted by Gasteiger charge is -2.26. The van der Waals surface area contributed by atoms with Crippen LogP contribution in [0.2, 0.25) is 0 Å². The summed E-state index contributed by atoms with van der Waals surface area (Å²) >= 11 is 5.53. The van der Waals surface area contributed by atoms with E-state index in [9.17, 15) is 9.59 Å². The number of nitrogens with one attached hydrogen (secondary N) is 1. The van der Waals surface area contributed by atoms with Crippen LogP contribution in [0.25, 0.3) is 0 Å². The van der Waals surface area contributed by atoms with Gasteiger partial charge in [-0.1, -0.05) is 37.3 Å². The monoisotopic (exact) mass is 283 g/mol. The molecule has 0 fully saturated rings. The second-order valence-electron chi connectivity index (χ2n) is 4.43. The van der Waals surface area contributed by atoms with E-state index in [1.165, 1.54) is 0 Å². The highest BCUT2D eigenvalue weighted by Crippen LogP contribution is 2.12. The van der Waals surface area contributed by atoms with Gasteiger partial charge in [-0.15, -0.1) is 11.6 Å². The van der Waals surface area contributed by atoms with Gasteiger partial charge in [0.25, 0.3) is 0 Å². The molecular formula is C14H18ClNO3. The summed E-state index contributed by atoms with van der Waals surface area (Å²) in [6, 6.07) is 9.33. The fourth-order valence-corrected chi connectivity index (χ4v) is 1.78. The Balaban J connectivity index is 2.52. The first kappa shape index (κ1) is 15.5. The minimum absolute atomic E-state index is 0.136. The van der Waals surface area contributed by atoms with E-state index in [0.29, 0.717) is 6.42 Å². The lowest BCUT2D eigenvalue weighted by Crippen LogP contribution is -2.52. The van der Waals surface area contributed by atoms with Crippen LogP contribution in [0.15, 0.2) is 30.3 Å². The van der Waals surface area contributed by atoms with Gasteiger partial charge >= 0.3 is 6.09 Å². The molecule has 1 rings (SSSR count). The van der Waals surface area contributed by atoms with E-state index in [4.69, 9.17) is 16.3 Å². The molecule has 0 saturated heterocycles. The molecule has 1 aromatic carbocycles. The first-order valence-corrected chi connectivity index (χ1v) is 6.63. The molecule has 0 bridgehead atoms. The van der Waals surface area contributed by atoms with E-state index in [1.54, 1.807) is 6.92 Å². The van der Waals surface area contributed by atoms with Gasteiger partial charge in [0.2, 0.25) is 0 Å². The number of hydrogen-bond acceptors (Lipinski definition) is 3. The Morgan fingerprint density at radius 1 is 1.32 bits per heavy atom. The smallest absolute Gasteiger partial charge is 0.408 e. The molecule has 4 nitrogen and oxygen atoms in total. The normalized spacial score (nSPS) is 13.4. The van der Waals surface area contributed by atoms with Gasteiger partial charge in [-0.25, -0.2) is 4.79 Å². The molecule has 1 atom stereocenters.